The Labute approximate surface area is 198 Å². The summed E-state index contributed by atoms with van der Waals surface area (Å²) in [4.78, 5) is 23.8. The van der Waals surface area contributed by atoms with Crippen LogP contribution in [0.3, 0.4) is 0 Å². The molecule has 33 heavy (non-hydrogen) atoms. The van der Waals surface area contributed by atoms with Gasteiger partial charge < -0.3 is 19.7 Å². The number of hydrogen-bond acceptors (Lipinski definition) is 8. The predicted octanol–water partition coefficient (Wildman–Crippen LogP) is 4.14. The van der Waals surface area contributed by atoms with Crippen molar-refractivity contribution in [2.75, 3.05) is 16.6 Å². The van der Waals surface area contributed by atoms with Crippen LogP contribution in [0.15, 0.2) is 26.9 Å². The van der Waals surface area contributed by atoms with Gasteiger partial charge in [-0.1, -0.05) is 22.8 Å². The molecule has 1 amide bonds. The molecule has 0 spiro atoms. The Kier molecular flexibility index (Phi) is 7.00. The largest absolute Gasteiger partial charge is 0.481 e. The van der Waals surface area contributed by atoms with E-state index in [1.165, 1.54) is 11.4 Å². The molecule has 0 saturated carbocycles. The minimum atomic E-state index is -4.15. The van der Waals surface area contributed by atoms with Crippen LogP contribution in [0.4, 0.5) is 10.9 Å². The monoisotopic (exact) mass is 513 g/mol. The van der Waals surface area contributed by atoms with Gasteiger partial charge in [0.15, 0.2) is 6.61 Å². The fourth-order valence-electron chi connectivity index (χ4n) is 3.24. The second-order valence-corrected chi connectivity index (χ2v) is 10.1. The zero-order valence-corrected chi connectivity index (χ0v) is 20.4. The summed E-state index contributed by atoms with van der Waals surface area (Å²) in [5.41, 5.74) is 2.30. The summed E-state index contributed by atoms with van der Waals surface area (Å²) in [7, 11) is -4.15. The van der Waals surface area contributed by atoms with Crippen molar-refractivity contribution < 1.29 is 32.4 Å². The maximum Gasteiger partial charge on any atom is 0.341 e. The summed E-state index contributed by atoms with van der Waals surface area (Å²) in [6, 6.07) is 3.02. The van der Waals surface area contributed by atoms with E-state index in [4.69, 9.17) is 26.0 Å². The number of rotatable bonds is 8. The van der Waals surface area contributed by atoms with Crippen LogP contribution >= 0.6 is 22.9 Å². The average molecular weight is 514 g/mol. The average Bonchev–Trinajstić information content (AvgIpc) is 3.29. The second-order valence-electron chi connectivity index (χ2n) is 7.11. The van der Waals surface area contributed by atoms with Crippen molar-refractivity contribution in [3.8, 4) is 5.75 Å². The number of thiophene rings is 1. The van der Waals surface area contributed by atoms with Crippen molar-refractivity contribution in [3.63, 3.8) is 0 Å². The summed E-state index contributed by atoms with van der Waals surface area (Å²) in [5, 5.41) is 16.7. The van der Waals surface area contributed by atoms with Gasteiger partial charge in [0.1, 0.15) is 26.4 Å². The van der Waals surface area contributed by atoms with E-state index in [1.54, 1.807) is 33.8 Å². The topological polar surface area (TPSA) is 148 Å². The van der Waals surface area contributed by atoms with E-state index in [9.17, 15) is 18.0 Å². The van der Waals surface area contributed by atoms with E-state index >= 15 is 0 Å². The first-order valence-corrected chi connectivity index (χ1v) is 12.1. The third-order valence-electron chi connectivity index (χ3n) is 4.63. The lowest BCUT2D eigenvalue weighted by molar-refractivity contribution is -0.139. The Balaban J connectivity index is 1.91. The van der Waals surface area contributed by atoms with E-state index in [0.29, 0.717) is 22.4 Å². The van der Waals surface area contributed by atoms with E-state index in [-0.39, 0.29) is 32.1 Å². The molecule has 2 aromatic heterocycles. The lowest BCUT2D eigenvalue weighted by Gasteiger charge is -2.17. The standard InChI is InChI=1S/C20H20ClN3O7S2/c1-9-7-10(2)17(30-8-14(25)26)11(3)15(9)18(27)22-20-13(5-6-32-20)33(28,29)24-19-16(21)12(4)23-31-19/h5-7,24H,8H2,1-4H3,(H,22,27)(H,25,26). The van der Waals surface area contributed by atoms with Crippen molar-refractivity contribution in [2.24, 2.45) is 0 Å². The number of nitrogens with zero attached hydrogens (tertiary/aromatic N) is 1. The van der Waals surface area contributed by atoms with Crippen molar-refractivity contribution in [3.05, 3.63) is 50.5 Å². The Bertz CT molecular complexity index is 1350. The normalized spacial score (nSPS) is 11.3. The minimum absolute atomic E-state index is 0.0270. The molecule has 3 rings (SSSR count). The SMILES string of the molecule is Cc1cc(C)c(C(=O)Nc2sccc2S(=O)(=O)Nc2onc(C)c2Cl)c(C)c1OCC(=O)O. The maximum atomic E-state index is 13.1. The van der Waals surface area contributed by atoms with E-state index in [2.05, 4.69) is 15.2 Å². The molecule has 0 aliphatic rings. The molecule has 0 aliphatic heterocycles. The molecule has 0 bridgehead atoms. The van der Waals surface area contributed by atoms with Gasteiger partial charge in [-0.25, -0.2) is 17.9 Å². The number of nitrogens with one attached hydrogen (secondary N) is 2. The number of carbonyl (C=O) groups is 2. The Morgan fingerprint density at radius 3 is 2.55 bits per heavy atom. The summed E-state index contributed by atoms with van der Waals surface area (Å²) >= 11 is 7.00. The fourth-order valence-corrected chi connectivity index (χ4v) is 5.68. The molecule has 0 atom stereocenters. The van der Waals surface area contributed by atoms with Crippen LogP contribution in [0.2, 0.25) is 5.02 Å². The number of halogens is 1. The zero-order valence-electron chi connectivity index (χ0n) is 18.0. The molecule has 13 heteroatoms. The number of aromatic nitrogens is 1. The van der Waals surface area contributed by atoms with Gasteiger partial charge in [-0.05, 0) is 50.3 Å². The third-order valence-corrected chi connectivity index (χ3v) is 7.41. The van der Waals surface area contributed by atoms with Crippen molar-refractivity contribution in [1.29, 1.82) is 0 Å². The van der Waals surface area contributed by atoms with Crippen molar-refractivity contribution in [2.45, 2.75) is 32.6 Å². The maximum absolute atomic E-state index is 13.1. The summed E-state index contributed by atoms with van der Waals surface area (Å²) in [6.45, 7) is 6.09. The van der Waals surface area contributed by atoms with Crippen LogP contribution < -0.4 is 14.8 Å². The molecule has 3 N–H and O–H groups in total. The number of hydrogen-bond donors (Lipinski definition) is 3. The van der Waals surface area contributed by atoms with Crippen LogP contribution in [0.1, 0.15) is 32.7 Å². The van der Waals surface area contributed by atoms with Gasteiger partial charge in [0.2, 0.25) is 0 Å². The summed E-state index contributed by atoms with van der Waals surface area (Å²) in [6.07, 6.45) is 0. The van der Waals surface area contributed by atoms with Crippen LogP contribution in [-0.4, -0.2) is 37.2 Å². The van der Waals surface area contributed by atoms with E-state index in [1.807, 2.05) is 0 Å². The second kappa shape index (κ2) is 9.41. The highest BCUT2D eigenvalue weighted by molar-refractivity contribution is 7.93. The van der Waals surface area contributed by atoms with Gasteiger partial charge in [0, 0.05) is 11.1 Å². The van der Waals surface area contributed by atoms with Gasteiger partial charge >= 0.3 is 5.97 Å². The molecule has 10 nitrogen and oxygen atoms in total. The van der Waals surface area contributed by atoms with Crippen LogP contribution in [0.25, 0.3) is 0 Å². The fraction of sp³-hybridized carbons (Fsp3) is 0.250. The number of carboxylic acid groups (broad SMARTS) is 1. The molecular weight excluding hydrogens is 494 g/mol. The number of aryl methyl sites for hydroxylation is 3. The highest BCUT2D eigenvalue weighted by Gasteiger charge is 2.26. The lowest BCUT2D eigenvalue weighted by atomic mass is 9.97. The number of ether oxygens (including phenoxy) is 1. The molecule has 176 valence electrons. The Morgan fingerprint density at radius 2 is 1.94 bits per heavy atom. The molecule has 2 heterocycles. The van der Waals surface area contributed by atoms with Crippen molar-refractivity contribution >= 4 is 55.7 Å². The Morgan fingerprint density at radius 1 is 1.24 bits per heavy atom. The summed E-state index contributed by atoms with van der Waals surface area (Å²) < 4.78 is 38.2. The Hall–Kier alpha value is -3.09. The quantitative estimate of drug-likeness (QED) is 0.407. The first-order chi connectivity index (χ1) is 15.4. The zero-order chi connectivity index (χ0) is 24.5. The van der Waals surface area contributed by atoms with Gasteiger partial charge in [-0.2, -0.15) is 0 Å². The van der Waals surface area contributed by atoms with Gasteiger partial charge in [0.25, 0.3) is 21.8 Å². The number of sulfonamides is 1. The van der Waals surface area contributed by atoms with Gasteiger partial charge in [0.05, 0.1) is 0 Å². The van der Waals surface area contributed by atoms with E-state index < -0.39 is 28.5 Å². The highest BCUT2D eigenvalue weighted by Crippen LogP contribution is 2.34. The third kappa shape index (κ3) is 5.13. The molecular formula is C20H20ClN3O7S2. The number of aliphatic carboxylic acids is 1. The smallest absolute Gasteiger partial charge is 0.341 e. The van der Waals surface area contributed by atoms with Crippen LogP contribution in [0.5, 0.6) is 5.75 Å². The highest BCUT2D eigenvalue weighted by atomic mass is 35.5. The van der Waals surface area contributed by atoms with E-state index in [0.717, 1.165) is 11.3 Å². The summed E-state index contributed by atoms with van der Waals surface area (Å²) in [5.74, 6) is -1.67. The molecule has 1 aromatic carbocycles. The van der Waals surface area contributed by atoms with Crippen LogP contribution in [0, 0.1) is 27.7 Å². The van der Waals surface area contributed by atoms with Gasteiger partial charge in [-0.15, -0.1) is 11.3 Å². The molecule has 3 aromatic rings. The first kappa shape index (κ1) is 24.6. The number of anilines is 2. The number of carbonyl (C=O) groups excluding carboxylic acids is 1. The van der Waals surface area contributed by atoms with Gasteiger partial charge in [-0.3, -0.25) is 4.79 Å². The first-order valence-electron chi connectivity index (χ1n) is 9.41. The number of carboxylic acids is 1. The molecule has 0 saturated heterocycles. The predicted molar refractivity (Wildman–Crippen MR) is 123 cm³/mol. The lowest BCUT2D eigenvalue weighted by Crippen LogP contribution is -2.19. The van der Waals surface area contributed by atoms with Crippen LogP contribution in [-0.2, 0) is 14.8 Å². The molecule has 0 aliphatic carbocycles. The molecule has 0 radical (unpaired) electrons. The molecule has 0 unspecified atom stereocenters. The molecule has 0 fully saturated rings. The number of benzene rings is 1. The number of amides is 1. The van der Waals surface area contributed by atoms with Crippen molar-refractivity contribution in [1.82, 2.24) is 5.16 Å². The minimum Gasteiger partial charge on any atom is -0.481 e.